The third kappa shape index (κ3) is 5.01. The molecule has 0 spiro atoms. The summed E-state index contributed by atoms with van der Waals surface area (Å²) in [5, 5.41) is 1.22. The molecule has 0 saturated carbocycles. The monoisotopic (exact) mass is 273 g/mol. The summed E-state index contributed by atoms with van der Waals surface area (Å²) in [5.41, 5.74) is 6.50. The van der Waals surface area contributed by atoms with Crippen LogP contribution < -0.4 is 5.73 Å². The van der Waals surface area contributed by atoms with Crippen LogP contribution in [0.25, 0.3) is 11.0 Å². The average Bonchev–Trinajstić information content (AvgIpc) is 2.88. The highest BCUT2D eigenvalue weighted by Crippen LogP contribution is 2.20. The quantitative estimate of drug-likeness (QED) is 0.615. The minimum Gasteiger partial charge on any atom is -0.461 e. The third-order valence-electron chi connectivity index (χ3n) is 3.85. The Morgan fingerprint density at radius 2 is 1.45 bits per heavy atom. The van der Waals surface area contributed by atoms with Gasteiger partial charge in [0.25, 0.3) is 0 Å². The maximum Gasteiger partial charge on any atom is 0.134 e. The maximum atomic E-state index is 5.83. The van der Waals surface area contributed by atoms with Crippen LogP contribution in [0.5, 0.6) is 0 Å². The summed E-state index contributed by atoms with van der Waals surface area (Å²) in [6.07, 6.45) is 11.5. The summed E-state index contributed by atoms with van der Waals surface area (Å²) >= 11 is 0. The van der Waals surface area contributed by atoms with E-state index in [-0.39, 0.29) is 0 Å². The van der Waals surface area contributed by atoms with Crippen molar-refractivity contribution < 1.29 is 4.42 Å². The van der Waals surface area contributed by atoms with Crippen LogP contribution in [0.3, 0.4) is 0 Å². The van der Waals surface area contributed by atoms with Gasteiger partial charge in [-0.1, -0.05) is 56.7 Å². The maximum absolute atomic E-state index is 5.83. The molecule has 0 radical (unpaired) electrons. The summed E-state index contributed by atoms with van der Waals surface area (Å²) in [6.45, 7) is 0.845. The van der Waals surface area contributed by atoms with Crippen molar-refractivity contribution in [2.24, 2.45) is 5.73 Å². The summed E-state index contributed by atoms with van der Waals surface area (Å²) < 4.78 is 5.83. The Morgan fingerprint density at radius 1 is 0.800 bits per heavy atom. The molecule has 1 heterocycles. The van der Waals surface area contributed by atoms with E-state index < -0.39 is 0 Å². The van der Waals surface area contributed by atoms with Crippen LogP contribution in [0.2, 0.25) is 0 Å². The van der Waals surface area contributed by atoms with E-state index in [9.17, 15) is 0 Å². The van der Waals surface area contributed by atoms with Crippen LogP contribution in [0, 0.1) is 0 Å². The predicted octanol–water partition coefficient (Wildman–Crippen LogP) is 5.05. The summed E-state index contributed by atoms with van der Waals surface area (Å²) in [6, 6.07) is 10.4. The van der Waals surface area contributed by atoms with Gasteiger partial charge in [0.05, 0.1) is 0 Å². The van der Waals surface area contributed by atoms with Gasteiger partial charge in [-0.3, -0.25) is 0 Å². The van der Waals surface area contributed by atoms with Gasteiger partial charge in [-0.2, -0.15) is 0 Å². The van der Waals surface area contributed by atoms with Crippen LogP contribution in [0.1, 0.15) is 57.1 Å². The minimum atomic E-state index is 0.845. The van der Waals surface area contributed by atoms with Gasteiger partial charge < -0.3 is 10.2 Å². The molecule has 0 unspecified atom stereocenters. The summed E-state index contributed by atoms with van der Waals surface area (Å²) in [4.78, 5) is 0. The number of hydrogen-bond donors (Lipinski definition) is 1. The van der Waals surface area contributed by atoms with Crippen molar-refractivity contribution in [1.82, 2.24) is 0 Å². The molecule has 110 valence electrons. The number of unbranched alkanes of at least 4 members (excludes halogenated alkanes) is 7. The number of benzene rings is 1. The fraction of sp³-hybridized carbons (Fsp3) is 0.556. The number of hydrogen-bond acceptors (Lipinski definition) is 2. The molecule has 2 N–H and O–H groups in total. The fourth-order valence-corrected chi connectivity index (χ4v) is 2.66. The first kappa shape index (κ1) is 15.1. The van der Waals surface area contributed by atoms with E-state index in [4.69, 9.17) is 10.2 Å². The molecular formula is C18H27NO. The zero-order valence-corrected chi connectivity index (χ0v) is 12.4. The average molecular weight is 273 g/mol. The van der Waals surface area contributed by atoms with E-state index in [1.807, 2.05) is 12.1 Å². The van der Waals surface area contributed by atoms with Gasteiger partial charge in [0.1, 0.15) is 11.3 Å². The standard InChI is InChI=1S/C18H27NO/c19-14-10-6-4-2-1-3-5-7-12-17-15-16-11-8-9-13-18(16)20-17/h8-9,11,13,15H,1-7,10,12,14,19H2. The van der Waals surface area contributed by atoms with Gasteiger partial charge in [0.2, 0.25) is 0 Å². The van der Waals surface area contributed by atoms with Crippen molar-refractivity contribution in [3.63, 3.8) is 0 Å². The van der Waals surface area contributed by atoms with Gasteiger partial charge in [0, 0.05) is 11.8 Å². The first-order chi connectivity index (χ1) is 9.90. The van der Waals surface area contributed by atoms with Crippen LogP contribution in [-0.4, -0.2) is 6.54 Å². The van der Waals surface area contributed by atoms with E-state index >= 15 is 0 Å². The summed E-state index contributed by atoms with van der Waals surface area (Å²) in [5.74, 6) is 1.13. The number of furan rings is 1. The zero-order chi connectivity index (χ0) is 14.0. The second-order valence-corrected chi connectivity index (χ2v) is 5.62. The van der Waals surface area contributed by atoms with Crippen LogP contribution >= 0.6 is 0 Å². The van der Waals surface area contributed by atoms with E-state index in [0.717, 1.165) is 24.3 Å². The Bertz CT molecular complexity index is 456. The van der Waals surface area contributed by atoms with Gasteiger partial charge in [0.15, 0.2) is 0 Å². The molecule has 0 amide bonds. The molecule has 0 aliphatic heterocycles. The molecular weight excluding hydrogens is 246 g/mol. The highest BCUT2D eigenvalue weighted by Gasteiger charge is 2.02. The lowest BCUT2D eigenvalue weighted by molar-refractivity contribution is 0.517. The molecule has 1 aromatic heterocycles. The molecule has 0 aliphatic carbocycles. The van der Waals surface area contributed by atoms with Gasteiger partial charge >= 0.3 is 0 Å². The molecule has 0 bridgehead atoms. The Balaban J connectivity index is 1.55. The zero-order valence-electron chi connectivity index (χ0n) is 12.4. The molecule has 2 aromatic rings. The topological polar surface area (TPSA) is 39.2 Å². The fourth-order valence-electron chi connectivity index (χ4n) is 2.66. The summed E-state index contributed by atoms with van der Waals surface area (Å²) in [7, 11) is 0. The van der Waals surface area contributed by atoms with Crippen LogP contribution in [0.15, 0.2) is 34.7 Å². The Hall–Kier alpha value is -1.28. The van der Waals surface area contributed by atoms with E-state index in [1.54, 1.807) is 0 Å². The SMILES string of the molecule is NCCCCCCCCCCc1cc2ccccc2o1. The molecule has 0 fully saturated rings. The van der Waals surface area contributed by atoms with Crippen molar-refractivity contribution >= 4 is 11.0 Å². The Labute approximate surface area is 122 Å². The lowest BCUT2D eigenvalue weighted by Crippen LogP contribution is -1.97. The predicted molar refractivity (Wildman–Crippen MR) is 85.9 cm³/mol. The molecule has 0 aliphatic rings. The van der Waals surface area contributed by atoms with E-state index in [1.165, 1.54) is 56.8 Å². The van der Waals surface area contributed by atoms with E-state index in [2.05, 4.69) is 18.2 Å². The van der Waals surface area contributed by atoms with Crippen LogP contribution in [0.4, 0.5) is 0 Å². The second-order valence-electron chi connectivity index (χ2n) is 5.62. The normalized spacial score (nSPS) is 11.2. The number of rotatable bonds is 10. The number of aryl methyl sites for hydroxylation is 1. The molecule has 2 rings (SSSR count). The molecule has 2 heteroatoms. The van der Waals surface area contributed by atoms with Gasteiger partial charge in [-0.25, -0.2) is 0 Å². The van der Waals surface area contributed by atoms with Crippen molar-refractivity contribution in [2.45, 2.75) is 57.8 Å². The van der Waals surface area contributed by atoms with Gasteiger partial charge in [-0.15, -0.1) is 0 Å². The molecule has 1 aromatic carbocycles. The molecule has 2 nitrogen and oxygen atoms in total. The third-order valence-corrected chi connectivity index (χ3v) is 3.85. The molecule has 20 heavy (non-hydrogen) atoms. The van der Waals surface area contributed by atoms with Crippen LogP contribution in [-0.2, 0) is 6.42 Å². The highest BCUT2D eigenvalue weighted by molar-refractivity contribution is 5.77. The smallest absolute Gasteiger partial charge is 0.134 e. The lowest BCUT2D eigenvalue weighted by atomic mass is 10.1. The first-order valence-corrected chi connectivity index (χ1v) is 8.07. The number of fused-ring (bicyclic) bond motifs is 1. The Kier molecular flexibility index (Phi) is 6.65. The Morgan fingerprint density at radius 3 is 2.15 bits per heavy atom. The first-order valence-electron chi connectivity index (χ1n) is 8.07. The van der Waals surface area contributed by atoms with Gasteiger partial charge in [-0.05, 0) is 31.5 Å². The highest BCUT2D eigenvalue weighted by atomic mass is 16.3. The minimum absolute atomic E-state index is 0.845. The van der Waals surface area contributed by atoms with Crippen molar-refractivity contribution in [2.75, 3.05) is 6.54 Å². The van der Waals surface area contributed by atoms with E-state index in [0.29, 0.717) is 0 Å². The second kappa shape index (κ2) is 8.80. The van der Waals surface area contributed by atoms with Crippen molar-refractivity contribution in [1.29, 1.82) is 0 Å². The lowest BCUT2D eigenvalue weighted by Gasteiger charge is -2.01. The van der Waals surface area contributed by atoms with Crippen molar-refractivity contribution in [3.05, 3.63) is 36.1 Å². The number of nitrogens with two attached hydrogens (primary N) is 1. The molecule has 0 atom stereocenters. The largest absolute Gasteiger partial charge is 0.461 e. The molecule has 0 saturated heterocycles. The van der Waals surface area contributed by atoms with Crippen molar-refractivity contribution in [3.8, 4) is 0 Å². The number of para-hydroxylation sites is 1.